The maximum Gasteiger partial charge on any atom is 0.305 e. The van der Waals surface area contributed by atoms with E-state index in [9.17, 15) is 19.3 Å². The maximum atomic E-state index is 13.3. The van der Waals surface area contributed by atoms with Gasteiger partial charge in [-0.3, -0.25) is 19.8 Å². The van der Waals surface area contributed by atoms with Crippen LogP contribution < -0.4 is 0 Å². The number of carbonyl (C=O) groups excluding carboxylic acids is 1. The van der Waals surface area contributed by atoms with Crippen molar-refractivity contribution in [3.63, 3.8) is 0 Å². The molecule has 0 unspecified atom stereocenters. The quantitative estimate of drug-likeness (QED) is 0.617. The van der Waals surface area contributed by atoms with E-state index in [1.165, 1.54) is 6.07 Å². The number of hydrogen-bond acceptors (Lipinski definition) is 4. The van der Waals surface area contributed by atoms with Crippen LogP contribution >= 0.6 is 0 Å². The number of nitrogens with zero attached hydrogens (tertiary/aromatic N) is 3. The van der Waals surface area contributed by atoms with Gasteiger partial charge in [0.05, 0.1) is 4.92 Å². The summed E-state index contributed by atoms with van der Waals surface area (Å²) >= 11 is 0. The molecule has 1 aromatic carbocycles. The first-order chi connectivity index (χ1) is 9.72. The zero-order valence-corrected chi connectivity index (χ0v) is 12.3. The molecule has 7 heteroatoms. The highest BCUT2D eigenvalue weighted by Crippen LogP contribution is 2.23. The van der Waals surface area contributed by atoms with Gasteiger partial charge in [0.1, 0.15) is 0 Å². The molecule has 1 aliphatic rings. The molecule has 1 saturated heterocycles. The Balaban J connectivity index is 2.25. The molecule has 0 aromatic heterocycles. The minimum atomic E-state index is -0.935. The fourth-order valence-electron chi connectivity index (χ4n) is 2.38. The molecular weight excluding hydrogens is 277 g/mol. The summed E-state index contributed by atoms with van der Waals surface area (Å²) in [5.74, 6) is -1.24. The van der Waals surface area contributed by atoms with Gasteiger partial charge in [-0.05, 0) is 33.0 Å². The highest BCUT2D eigenvalue weighted by Gasteiger charge is 2.34. The summed E-state index contributed by atoms with van der Waals surface area (Å²) in [5, 5.41) is 10.8. The topological polar surface area (TPSA) is 66.7 Å². The first kappa shape index (κ1) is 15.4. The zero-order valence-electron chi connectivity index (χ0n) is 12.3. The van der Waals surface area contributed by atoms with Crippen molar-refractivity contribution in [2.45, 2.75) is 19.4 Å². The van der Waals surface area contributed by atoms with Crippen LogP contribution in [0.4, 0.5) is 10.1 Å². The van der Waals surface area contributed by atoms with Crippen molar-refractivity contribution in [2.24, 2.45) is 0 Å². The highest BCUT2D eigenvalue weighted by molar-refractivity contribution is 5.95. The predicted octanol–water partition coefficient (Wildman–Crippen LogP) is 1.90. The molecule has 1 aromatic rings. The second-order valence-electron chi connectivity index (χ2n) is 5.88. The molecule has 0 saturated carbocycles. The summed E-state index contributed by atoms with van der Waals surface area (Å²) in [5.41, 5.74) is -0.697. The average molecular weight is 295 g/mol. The number of amides is 1. The fourth-order valence-corrected chi connectivity index (χ4v) is 2.38. The number of hydrogen-bond donors (Lipinski definition) is 0. The van der Waals surface area contributed by atoms with Crippen molar-refractivity contribution in [2.75, 3.05) is 26.7 Å². The second-order valence-corrected chi connectivity index (χ2v) is 5.88. The SMILES string of the molecule is CN1CCN(C(=O)c2ccc(F)c([N+](=O)[O-])c2)CC1(C)C. The van der Waals surface area contributed by atoms with Gasteiger partial charge in [0.15, 0.2) is 0 Å². The summed E-state index contributed by atoms with van der Waals surface area (Å²) in [6.45, 7) is 5.85. The van der Waals surface area contributed by atoms with Gasteiger partial charge in [0, 0.05) is 36.8 Å². The Morgan fingerprint density at radius 2 is 2.05 bits per heavy atom. The molecular formula is C14H18FN3O3. The third-order valence-electron chi connectivity index (χ3n) is 3.99. The number of carbonyl (C=O) groups is 1. The number of likely N-dealkylation sites (N-methyl/N-ethyl adjacent to an activating group) is 1. The summed E-state index contributed by atoms with van der Waals surface area (Å²) in [6.07, 6.45) is 0. The Kier molecular flexibility index (Phi) is 3.95. The number of piperazine rings is 1. The second kappa shape index (κ2) is 5.40. The van der Waals surface area contributed by atoms with E-state index in [1.54, 1.807) is 4.90 Å². The van der Waals surface area contributed by atoms with E-state index in [2.05, 4.69) is 4.90 Å². The summed E-state index contributed by atoms with van der Waals surface area (Å²) in [7, 11) is 1.99. The minimum absolute atomic E-state index is 0.142. The molecule has 0 aliphatic carbocycles. The predicted molar refractivity (Wildman–Crippen MR) is 75.7 cm³/mol. The Bertz CT molecular complexity index is 589. The van der Waals surface area contributed by atoms with Crippen molar-refractivity contribution in [3.05, 3.63) is 39.7 Å². The summed E-state index contributed by atoms with van der Waals surface area (Å²) in [6, 6.07) is 3.26. The summed E-state index contributed by atoms with van der Waals surface area (Å²) < 4.78 is 13.3. The lowest BCUT2D eigenvalue weighted by molar-refractivity contribution is -0.387. The lowest BCUT2D eigenvalue weighted by Crippen LogP contribution is -2.58. The van der Waals surface area contributed by atoms with E-state index in [1.807, 2.05) is 20.9 Å². The molecule has 6 nitrogen and oxygen atoms in total. The Morgan fingerprint density at radius 3 is 2.62 bits per heavy atom. The molecule has 114 valence electrons. The van der Waals surface area contributed by atoms with E-state index >= 15 is 0 Å². The average Bonchev–Trinajstić information content (AvgIpc) is 2.41. The standard InChI is InChI=1S/C14H18FN3O3/c1-14(2)9-17(7-6-16(14)3)13(19)10-4-5-11(15)12(8-10)18(20)21/h4-5,8H,6-7,9H2,1-3H3. The van der Waals surface area contributed by atoms with E-state index in [0.29, 0.717) is 13.1 Å². The largest absolute Gasteiger partial charge is 0.336 e. The van der Waals surface area contributed by atoms with Gasteiger partial charge in [-0.2, -0.15) is 4.39 Å². The van der Waals surface area contributed by atoms with Crippen LogP contribution in [0.25, 0.3) is 0 Å². The van der Waals surface area contributed by atoms with Gasteiger partial charge in [0.2, 0.25) is 5.82 Å². The number of rotatable bonds is 2. The third-order valence-corrected chi connectivity index (χ3v) is 3.99. The van der Waals surface area contributed by atoms with Gasteiger partial charge in [-0.25, -0.2) is 0 Å². The minimum Gasteiger partial charge on any atom is -0.336 e. The number of benzene rings is 1. The van der Waals surface area contributed by atoms with E-state index in [0.717, 1.165) is 18.7 Å². The van der Waals surface area contributed by atoms with Crippen molar-refractivity contribution < 1.29 is 14.1 Å². The number of nitro benzene ring substituents is 1. The van der Waals surface area contributed by atoms with E-state index in [-0.39, 0.29) is 17.0 Å². The van der Waals surface area contributed by atoms with Crippen molar-refractivity contribution in [1.29, 1.82) is 0 Å². The third kappa shape index (κ3) is 3.02. The van der Waals surface area contributed by atoms with Crippen LogP contribution in [0.3, 0.4) is 0 Å². The van der Waals surface area contributed by atoms with Gasteiger partial charge in [0.25, 0.3) is 5.91 Å². The molecule has 21 heavy (non-hydrogen) atoms. The normalized spacial score (nSPS) is 18.6. The van der Waals surface area contributed by atoms with Crippen LogP contribution in [0.1, 0.15) is 24.2 Å². The Hall–Kier alpha value is -2.02. The van der Waals surface area contributed by atoms with E-state index in [4.69, 9.17) is 0 Å². The molecule has 0 radical (unpaired) electrons. The lowest BCUT2D eigenvalue weighted by atomic mass is 9.99. The molecule has 1 amide bonds. The van der Waals surface area contributed by atoms with Gasteiger partial charge in [-0.1, -0.05) is 0 Å². The first-order valence-corrected chi connectivity index (χ1v) is 6.67. The molecule has 2 rings (SSSR count). The highest BCUT2D eigenvalue weighted by atomic mass is 19.1. The smallest absolute Gasteiger partial charge is 0.305 e. The molecule has 0 bridgehead atoms. The maximum absolute atomic E-state index is 13.3. The lowest BCUT2D eigenvalue weighted by Gasteiger charge is -2.45. The van der Waals surface area contributed by atoms with E-state index < -0.39 is 16.4 Å². The van der Waals surface area contributed by atoms with Crippen molar-refractivity contribution in [1.82, 2.24) is 9.80 Å². The number of nitro groups is 1. The molecule has 0 N–H and O–H groups in total. The molecule has 1 fully saturated rings. The van der Waals surface area contributed by atoms with Crippen LogP contribution in [-0.4, -0.2) is 52.9 Å². The first-order valence-electron chi connectivity index (χ1n) is 6.67. The van der Waals surface area contributed by atoms with Crippen LogP contribution in [0.15, 0.2) is 18.2 Å². The van der Waals surface area contributed by atoms with Crippen LogP contribution in [0, 0.1) is 15.9 Å². The van der Waals surface area contributed by atoms with Gasteiger partial charge >= 0.3 is 5.69 Å². The fraction of sp³-hybridized carbons (Fsp3) is 0.500. The molecule has 1 aliphatic heterocycles. The monoisotopic (exact) mass is 295 g/mol. The van der Waals surface area contributed by atoms with Gasteiger partial charge in [-0.15, -0.1) is 0 Å². The zero-order chi connectivity index (χ0) is 15.8. The van der Waals surface area contributed by atoms with Crippen molar-refractivity contribution in [3.8, 4) is 0 Å². The summed E-state index contributed by atoms with van der Waals surface area (Å²) in [4.78, 5) is 26.2. The van der Waals surface area contributed by atoms with Crippen LogP contribution in [-0.2, 0) is 0 Å². The Labute approximate surface area is 122 Å². The molecule has 0 atom stereocenters. The number of halogens is 1. The molecule has 0 spiro atoms. The van der Waals surface area contributed by atoms with Crippen LogP contribution in [0.2, 0.25) is 0 Å². The van der Waals surface area contributed by atoms with Crippen LogP contribution in [0.5, 0.6) is 0 Å². The Morgan fingerprint density at radius 1 is 1.38 bits per heavy atom. The van der Waals surface area contributed by atoms with Gasteiger partial charge < -0.3 is 4.90 Å². The molecule has 1 heterocycles. The van der Waals surface area contributed by atoms with Crippen molar-refractivity contribution >= 4 is 11.6 Å².